The molecule has 1 unspecified atom stereocenters. The van der Waals surface area contributed by atoms with E-state index in [0.29, 0.717) is 5.92 Å². The number of pyridine rings is 1. The number of rotatable bonds is 1. The minimum atomic E-state index is 0.550. The largest absolute Gasteiger partial charge is 0.316 e. The highest BCUT2D eigenvalue weighted by Gasteiger charge is 2.20. The molecule has 1 fully saturated rings. The number of hydrogen-bond acceptors (Lipinski definition) is 2. The average molecular weight is 351 g/mol. The van der Waals surface area contributed by atoms with Gasteiger partial charge < -0.3 is 5.32 Å². The second-order valence-electron chi connectivity index (χ2n) is 8.18. The van der Waals surface area contributed by atoms with Crippen molar-refractivity contribution in [2.45, 2.75) is 65.7 Å². The molecule has 1 aliphatic carbocycles. The Balaban J connectivity index is 0.000000236. The van der Waals surface area contributed by atoms with E-state index >= 15 is 0 Å². The summed E-state index contributed by atoms with van der Waals surface area (Å²) < 4.78 is 0. The van der Waals surface area contributed by atoms with Crippen molar-refractivity contribution in [1.29, 1.82) is 0 Å². The van der Waals surface area contributed by atoms with Gasteiger partial charge in [-0.05, 0) is 86.7 Å². The quantitative estimate of drug-likeness (QED) is 0.716. The van der Waals surface area contributed by atoms with Gasteiger partial charge in [-0.1, -0.05) is 44.5 Å². The van der Waals surface area contributed by atoms with Crippen LogP contribution < -0.4 is 5.32 Å². The van der Waals surface area contributed by atoms with E-state index in [1.807, 2.05) is 0 Å². The molecule has 140 valence electrons. The van der Waals surface area contributed by atoms with E-state index in [1.54, 1.807) is 0 Å². The zero-order valence-corrected chi connectivity index (χ0v) is 16.9. The lowest BCUT2D eigenvalue weighted by Crippen LogP contribution is -2.27. The lowest BCUT2D eigenvalue weighted by molar-refractivity contribution is 0.405. The summed E-state index contributed by atoms with van der Waals surface area (Å²) in [5.41, 5.74) is 8.19. The molecule has 2 aromatic rings. The first-order valence-electron chi connectivity index (χ1n) is 10.4. The first-order valence-corrected chi connectivity index (χ1v) is 10.4. The minimum Gasteiger partial charge on any atom is -0.316 e. The van der Waals surface area contributed by atoms with Crippen LogP contribution in [0.1, 0.15) is 68.3 Å². The molecule has 4 rings (SSSR count). The lowest BCUT2D eigenvalue weighted by atomic mass is 9.95. The van der Waals surface area contributed by atoms with Gasteiger partial charge in [0.15, 0.2) is 0 Å². The molecule has 1 aliphatic heterocycles. The van der Waals surface area contributed by atoms with Crippen LogP contribution in [-0.4, -0.2) is 18.1 Å². The third-order valence-electron chi connectivity index (χ3n) is 5.80. The first-order chi connectivity index (χ1) is 12.6. The Hall–Kier alpha value is -1.67. The Morgan fingerprint density at radius 1 is 1.12 bits per heavy atom. The van der Waals surface area contributed by atoms with Crippen LogP contribution in [0.4, 0.5) is 0 Å². The van der Waals surface area contributed by atoms with Crippen LogP contribution in [0, 0.1) is 12.8 Å². The fourth-order valence-electron chi connectivity index (χ4n) is 4.01. The van der Waals surface area contributed by atoms with Crippen LogP contribution >= 0.6 is 0 Å². The molecule has 2 heteroatoms. The van der Waals surface area contributed by atoms with Crippen LogP contribution in [0.5, 0.6) is 0 Å². The Kier molecular flexibility index (Phi) is 6.48. The van der Waals surface area contributed by atoms with Crippen molar-refractivity contribution in [1.82, 2.24) is 10.3 Å². The van der Waals surface area contributed by atoms with Crippen molar-refractivity contribution in [3.05, 3.63) is 52.8 Å². The first kappa shape index (κ1) is 19.1. The van der Waals surface area contributed by atoms with E-state index in [-0.39, 0.29) is 0 Å². The molecule has 2 aliphatic rings. The predicted molar refractivity (Wildman–Crippen MR) is 112 cm³/mol. The van der Waals surface area contributed by atoms with E-state index < -0.39 is 0 Å². The number of aryl methyl sites for hydroxylation is 3. The summed E-state index contributed by atoms with van der Waals surface area (Å²) in [7, 11) is 0. The van der Waals surface area contributed by atoms with E-state index in [1.165, 1.54) is 65.9 Å². The third kappa shape index (κ3) is 4.54. The van der Waals surface area contributed by atoms with Gasteiger partial charge in [-0.2, -0.15) is 0 Å². The summed E-state index contributed by atoms with van der Waals surface area (Å²) in [6.45, 7) is 11.4. The molecule has 2 atom stereocenters. The van der Waals surface area contributed by atoms with Gasteiger partial charge in [0.25, 0.3) is 0 Å². The summed E-state index contributed by atoms with van der Waals surface area (Å²) in [5.74, 6) is 1.47. The second kappa shape index (κ2) is 8.81. The summed E-state index contributed by atoms with van der Waals surface area (Å²) >= 11 is 0. The monoisotopic (exact) mass is 350 g/mol. The Bertz CT molecular complexity index is 729. The average Bonchev–Trinajstić information content (AvgIpc) is 2.80. The third-order valence-corrected chi connectivity index (χ3v) is 5.80. The van der Waals surface area contributed by atoms with Gasteiger partial charge in [0.2, 0.25) is 0 Å². The number of fused-ring (bicyclic) bond motifs is 3. The molecule has 1 aromatic carbocycles. The molecule has 2 heterocycles. The number of benzene rings is 1. The molecule has 0 spiro atoms. The van der Waals surface area contributed by atoms with Crippen molar-refractivity contribution >= 4 is 0 Å². The Morgan fingerprint density at radius 3 is 2.62 bits per heavy atom. The van der Waals surface area contributed by atoms with Crippen molar-refractivity contribution < 1.29 is 0 Å². The molecule has 0 amide bonds. The van der Waals surface area contributed by atoms with Crippen LogP contribution in [0.25, 0.3) is 11.1 Å². The van der Waals surface area contributed by atoms with Crippen LogP contribution in [0.15, 0.2) is 30.5 Å². The standard InChI is InChI=1S/C18H21N.C6H13N/c1-4-14-10-17-16-9-12(2)5-7-15(16)8-6-13(3)18(17)19-11-14;1-6-3-2-4-7-5-6/h5,7,9-11,13H,4,6,8H2,1-3H3;6-7H,2-5H2,1H3/t13-;/m1./s1. The zero-order valence-electron chi connectivity index (χ0n) is 16.9. The number of aromatic nitrogens is 1. The summed E-state index contributed by atoms with van der Waals surface area (Å²) in [6.07, 6.45) is 8.26. The minimum absolute atomic E-state index is 0.550. The maximum atomic E-state index is 4.76. The normalized spacial score (nSPS) is 21.7. The number of hydrogen-bond donors (Lipinski definition) is 1. The highest BCUT2D eigenvalue weighted by atomic mass is 14.9. The fourth-order valence-corrected chi connectivity index (χ4v) is 4.01. The molecule has 0 bridgehead atoms. The number of nitrogens with one attached hydrogen (secondary N) is 1. The second-order valence-corrected chi connectivity index (χ2v) is 8.18. The topological polar surface area (TPSA) is 24.9 Å². The number of piperidine rings is 1. The van der Waals surface area contributed by atoms with Crippen molar-refractivity contribution in [2.75, 3.05) is 13.1 Å². The summed E-state index contributed by atoms with van der Waals surface area (Å²) in [4.78, 5) is 4.76. The Labute approximate surface area is 159 Å². The Morgan fingerprint density at radius 2 is 1.96 bits per heavy atom. The van der Waals surface area contributed by atoms with E-state index in [2.05, 4.69) is 63.5 Å². The van der Waals surface area contributed by atoms with E-state index in [0.717, 1.165) is 18.8 Å². The van der Waals surface area contributed by atoms with E-state index in [4.69, 9.17) is 4.98 Å². The highest BCUT2D eigenvalue weighted by molar-refractivity contribution is 5.72. The van der Waals surface area contributed by atoms with Gasteiger partial charge in [0.1, 0.15) is 0 Å². The molecule has 2 nitrogen and oxygen atoms in total. The van der Waals surface area contributed by atoms with Gasteiger partial charge in [-0.3, -0.25) is 4.98 Å². The predicted octanol–water partition coefficient (Wildman–Crippen LogP) is 5.68. The molecule has 0 saturated carbocycles. The zero-order chi connectivity index (χ0) is 18.5. The van der Waals surface area contributed by atoms with Crippen LogP contribution in [-0.2, 0) is 12.8 Å². The molecule has 1 saturated heterocycles. The highest BCUT2D eigenvalue weighted by Crippen LogP contribution is 2.37. The smallest absolute Gasteiger partial charge is 0.0510 e. The molecule has 1 N–H and O–H groups in total. The maximum Gasteiger partial charge on any atom is 0.0510 e. The molecule has 1 aromatic heterocycles. The number of nitrogens with zero attached hydrogens (tertiary/aromatic N) is 1. The van der Waals surface area contributed by atoms with E-state index in [9.17, 15) is 0 Å². The van der Waals surface area contributed by atoms with Crippen LogP contribution in [0.2, 0.25) is 0 Å². The van der Waals surface area contributed by atoms with Gasteiger partial charge in [0.05, 0.1) is 5.69 Å². The summed E-state index contributed by atoms with van der Waals surface area (Å²) in [5, 5.41) is 3.33. The molecule has 0 radical (unpaired) electrons. The van der Waals surface area contributed by atoms with Crippen molar-refractivity contribution in [3.63, 3.8) is 0 Å². The van der Waals surface area contributed by atoms with Crippen molar-refractivity contribution in [3.8, 4) is 11.1 Å². The fraction of sp³-hybridized carbons (Fsp3) is 0.542. The molecule has 26 heavy (non-hydrogen) atoms. The van der Waals surface area contributed by atoms with Gasteiger partial charge in [-0.25, -0.2) is 0 Å². The van der Waals surface area contributed by atoms with Gasteiger partial charge in [-0.15, -0.1) is 0 Å². The van der Waals surface area contributed by atoms with Gasteiger partial charge in [0, 0.05) is 11.8 Å². The van der Waals surface area contributed by atoms with Crippen LogP contribution in [0.3, 0.4) is 0 Å². The molecular weight excluding hydrogens is 316 g/mol. The van der Waals surface area contributed by atoms with Crippen molar-refractivity contribution in [2.24, 2.45) is 5.92 Å². The lowest BCUT2D eigenvalue weighted by Gasteiger charge is -2.17. The molecular formula is C24H34N2. The maximum absolute atomic E-state index is 4.76. The summed E-state index contributed by atoms with van der Waals surface area (Å²) in [6, 6.07) is 9.20. The SMILES string of the molecule is CC1CCCNC1.CCc1cnc2c(c1)-c1cc(C)ccc1CC[C@H]2C. The van der Waals surface area contributed by atoms with Gasteiger partial charge >= 0.3 is 0 Å².